The number of fused-ring (bicyclic) bond motifs is 1. The van der Waals surface area contributed by atoms with Crippen LogP contribution in [0.2, 0.25) is 0 Å². The van der Waals surface area contributed by atoms with Crippen molar-refractivity contribution in [3.8, 4) is 0 Å². The van der Waals surface area contributed by atoms with Crippen molar-refractivity contribution in [2.75, 3.05) is 5.32 Å². The lowest BCUT2D eigenvalue weighted by Crippen LogP contribution is -2.37. The van der Waals surface area contributed by atoms with Crippen molar-refractivity contribution in [1.29, 1.82) is 0 Å². The van der Waals surface area contributed by atoms with Crippen LogP contribution in [0.15, 0.2) is 18.2 Å². The second kappa shape index (κ2) is 6.60. The number of carbonyl (C=O) groups excluding carboxylic acids is 1. The van der Waals surface area contributed by atoms with Crippen LogP contribution in [0.1, 0.15) is 50.7 Å². The third-order valence-electron chi connectivity index (χ3n) is 3.96. The molecule has 0 radical (unpaired) electrons. The number of carbonyl (C=O) groups is 1. The average Bonchev–Trinajstić information content (AvgIpc) is 2.45. The van der Waals surface area contributed by atoms with Crippen LogP contribution in [0.3, 0.4) is 0 Å². The number of anilines is 1. The van der Waals surface area contributed by atoms with E-state index in [1.807, 2.05) is 12.1 Å². The highest BCUT2D eigenvalue weighted by Crippen LogP contribution is 2.27. The maximum atomic E-state index is 12.0. The maximum absolute atomic E-state index is 12.0. The molecule has 0 unspecified atom stereocenters. The quantitative estimate of drug-likeness (QED) is 0.847. The Morgan fingerprint density at radius 3 is 2.68 bits per heavy atom. The number of aryl methyl sites for hydroxylation is 1. The summed E-state index contributed by atoms with van der Waals surface area (Å²) < 4.78 is 0. The Labute approximate surface area is 115 Å². The van der Waals surface area contributed by atoms with Crippen molar-refractivity contribution in [3.63, 3.8) is 0 Å². The molecule has 0 spiro atoms. The van der Waals surface area contributed by atoms with Gasteiger partial charge in [-0.1, -0.05) is 26.0 Å². The first kappa shape index (κ1) is 13.9. The first-order chi connectivity index (χ1) is 9.24. The number of rotatable bonds is 4. The van der Waals surface area contributed by atoms with E-state index in [0.29, 0.717) is 0 Å². The lowest BCUT2D eigenvalue weighted by Gasteiger charge is -2.21. The summed E-state index contributed by atoms with van der Waals surface area (Å²) >= 11 is 0. The highest BCUT2D eigenvalue weighted by Gasteiger charge is 2.15. The van der Waals surface area contributed by atoms with Crippen LogP contribution in [0, 0.1) is 0 Å². The van der Waals surface area contributed by atoms with E-state index in [-0.39, 0.29) is 12.1 Å². The molecule has 0 aromatic heterocycles. The Morgan fingerprint density at radius 2 is 1.95 bits per heavy atom. The van der Waals surface area contributed by atoms with Crippen LogP contribution < -0.4 is 10.6 Å². The molecule has 2 amide bonds. The minimum Gasteiger partial charge on any atom is -0.335 e. The molecular weight excluding hydrogens is 236 g/mol. The second-order valence-corrected chi connectivity index (χ2v) is 5.26. The molecule has 1 aromatic carbocycles. The van der Waals surface area contributed by atoms with Crippen molar-refractivity contribution < 1.29 is 4.79 Å². The monoisotopic (exact) mass is 260 g/mol. The molecule has 0 atom stereocenters. The van der Waals surface area contributed by atoms with Crippen LogP contribution in [0.5, 0.6) is 0 Å². The fourth-order valence-electron chi connectivity index (χ4n) is 2.74. The normalized spacial score (nSPS) is 14.1. The fourth-order valence-corrected chi connectivity index (χ4v) is 2.74. The number of amides is 2. The van der Waals surface area contributed by atoms with E-state index < -0.39 is 0 Å². The van der Waals surface area contributed by atoms with E-state index in [4.69, 9.17) is 0 Å². The summed E-state index contributed by atoms with van der Waals surface area (Å²) in [7, 11) is 0. The van der Waals surface area contributed by atoms with E-state index in [2.05, 4.69) is 30.5 Å². The molecule has 1 aliphatic carbocycles. The van der Waals surface area contributed by atoms with Gasteiger partial charge in [-0.15, -0.1) is 0 Å². The van der Waals surface area contributed by atoms with Gasteiger partial charge in [0, 0.05) is 11.7 Å². The summed E-state index contributed by atoms with van der Waals surface area (Å²) in [4.78, 5) is 12.0. The van der Waals surface area contributed by atoms with Crippen LogP contribution in [-0.2, 0) is 12.8 Å². The van der Waals surface area contributed by atoms with Gasteiger partial charge in [0.1, 0.15) is 0 Å². The number of hydrogen-bond donors (Lipinski definition) is 2. The second-order valence-electron chi connectivity index (χ2n) is 5.26. The average molecular weight is 260 g/mol. The number of nitrogens with one attached hydrogen (secondary N) is 2. The summed E-state index contributed by atoms with van der Waals surface area (Å²) in [6.07, 6.45) is 6.64. The topological polar surface area (TPSA) is 41.1 Å². The molecule has 0 aliphatic heterocycles. The molecule has 0 bridgehead atoms. The molecule has 19 heavy (non-hydrogen) atoms. The van der Waals surface area contributed by atoms with E-state index in [1.54, 1.807) is 0 Å². The van der Waals surface area contributed by atoms with Gasteiger partial charge in [-0.3, -0.25) is 0 Å². The predicted octanol–water partition coefficient (Wildman–Crippen LogP) is 3.88. The van der Waals surface area contributed by atoms with Gasteiger partial charge in [-0.2, -0.15) is 0 Å². The number of benzene rings is 1. The molecule has 104 valence electrons. The van der Waals surface area contributed by atoms with Gasteiger partial charge in [0.15, 0.2) is 0 Å². The van der Waals surface area contributed by atoms with E-state index in [9.17, 15) is 4.79 Å². The molecule has 2 N–H and O–H groups in total. The molecule has 1 aliphatic rings. The van der Waals surface area contributed by atoms with E-state index in [1.165, 1.54) is 24.0 Å². The first-order valence-electron chi connectivity index (χ1n) is 7.42. The van der Waals surface area contributed by atoms with Crippen molar-refractivity contribution in [2.24, 2.45) is 0 Å². The van der Waals surface area contributed by atoms with Gasteiger partial charge in [0.2, 0.25) is 0 Å². The van der Waals surface area contributed by atoms with Crippen molar-refractivity contribution in [3.05, 3.63) is 29.3 Å². The maximum Gasteiger partial charge on any atom is 0.319 e. The van der Waals surface area contributed by atoms with E-state index in [0.717, 1.165) is 31.4 Å². The zero-order valence-electron chi connectivity index (χ0n) is 12.0. The largest absolute Gasteiger partial charge is 0.335 e. The molecule has 3 nitrogen and oxygen atoms in total. The molecule has 0 heterocycles. The van der Waals surface area contributed by atoms with Crippen LogP contribution in [0.4, 0.5) is 10.5 Å². The molecule has 3 heteroatoms. The Balaban J connectivity index is 2.05. The van der Waals surface area contributed by atoms with Gasteiger partial charge in [-0.25, -0.2) is 4.79 Å². The third kappa shape index (κ3) is 3.49. The lowest BCUT2D eigenvalue weighted by molar-refractivity contribution is 0.247. The zero-order chi connectivity index (χ0) is 13.7. The van der Waals surface area contributed by atoms with Crippen LogP contribution >= 0.6 is 0 Å². The standard InChI is InChI=1S/C16H24N2O/c1-3-13(4-2)17-16(19)18-15-11-7-9-12-8-5-6-10-14(12)15/h7,9,11,13H,3-6,8,10H2,1-2H3,(H2,17,18,19). The van der Waals surface area contributed by atoms with Crippen LogP contribution in [0.25, 0.3) is 0 Å². The summed E-state index contributed by atoms with van der Waals surface area (Å²) in [6, 6.07) is 6.42. The molecule has 0 fully saturated rings. The minimum absolute atomic E-state index is 0.0762. The summed E-state index contributed by atoms with van der Waals surface area (Å²) in [5, 5.41) is 6.04. The van der Waals surface area contributed by atoms with Crippen molar-refractivity contribution in [2.45, 2.75) is 58.4 Å². The van der Waals surface area contributed by atoms with Crippen molar-refractivity contribution >= 4 is 11.7 Å². The fraction of sp³-hybridized carbons (Fsp3) is 0.562. The molecule has 0 saturated carbocycles. The van der Waals surface area contributed by atoms with Gasteiger partial charge >= 0.3 is 6.03 Å². The van der Waals surface area contributed by atoms with Gasteiger partial charge < -0.3 is 10.6 Å². The number of hydrogen-bond acceptors (Lipinski definition) is 1. The molecule has 0 saturated heterocycles. The molecule has 2 rings (SSSR count). The van der Waals surface area contributed by atoms with Crippen LogP contribution in [-0.4, -0.2) is 12.1 Å². The number of urea groups is 1. The van der Waals surface area contributed by atoms with Gasteiger partial charge in [-0.05, 0) is 55.7 Å². The molecular formula is C16H24N2O. The van der Waals surface area contributed by atoms with Crippen molar-refractivity contribution in [1.82, 2.24) is 5.32 Å². The summed E-state index contributed by atoms with van der Waals surface area (Å²) in [5.74, 6) is 0. The Hall–Kier alpha value is -1.51. The zero-order valence-corrected chi connectivity index (χ0v) is 12.0. The Bertz CT molecular complexity index is 438. The summed E-state index contributed by atoms with van der Waals surface area (Å²) in [6.45, 7) is 4.19. The SMILES string of the molecule is CCC(CC)NC(=O)Nc1cccc2c1CCCC2. The Morgan fingerprint density at radius 1 is 1.21 bits per heavy atom. The minimum atomic E-state index is -0.0762. The highest BCUT2D eigenvalue weighted by atomic mass is 16.2. The summed E-state index contributed by atoms with van der Waals surface area (Å²) in [5.41, 5.74) is 3.71. The Kier molecular flexibility index (Phi) is 4.83. The lowest BCUT2D eigenvalue weighted by atomic mass is 9.90. The third-order valence-corrected chi connectivity index (χ3v) is 3.96. The van der Waals surface area contributed by atoms with Gasteiger partial charge in [0.25, 0.3) is 0 Å². The highest BCUT2D eigenvalue weighted by molar-refractivity contribution is 5.90. The first-order valence-corrected chi connectivity index (χ1v) is 7.42. The predicted molar refractivity (Wildman–Crippen MR) is 79.6 cm³/mol. The smallest absolute Gasteiger partial charge is 0.319 e. The van der Waals surface area contributed by atoms with E-state index >= 15 is 0 Å². The van der Waals surface area contributed by atoms with Gasteiger partial charge in [0.05, 0.1) is 0 Å². The molecule has 1 aromatic rings.